The van der Waals surface area contributed by atoms with Gasteiger partial charge in [-0.1, -0.05) is 13.8 Å². The van der Waals surface area contributed by atoms with E-state index >= 15 is 0 Å². The average molecular weight is 142 g/mol. The van der Waals surface area contributed by atoms with Crippen molar-refractivity contribution in [2.75, 3.05) is 0 Å². The smallest absolute Gasteiger partial charge is 0.240 e. The summed E-state index contributed by atoms with van der Waals surface area (Å²) in [6.07, 6.45) is 1.44. The molecule has 0 aromatic carbocycles. The second-order valence-corrected chi connectivity index (χ2v) is 2.63. The van der Waals surface area contributed by atoms with Gasteiger partial charge < -0.3 is 0 Å². The highest BCUT2D eigenvalue weighted by Crippen LogP contribution is 2.02. The van der Waals surface area contributed by atoms with Gasteiger partial charge in [-0.15, -0.1) is 0 Å². The van der Waals surface area contributed by atoms with Crippen LogP contribution in [0, 0.1) is 5.92 Å². The molecule has 3 nitrogen and oxygen atoms in total. The van der Waals surface area contributed by atoms with Crippen molar-refractivity contribution in [3.8, 4) is 0 Å². The quantitative estimate of drug-likeness (QED) is 0.464. The standard InChI is InChI=1S/C7H14N2O/c1-6(2)4-5-7(10)9-8-3/h6H,3-5H2,1-2H3,(H,9,10). The molecule has 0 aromatic heterocycles. The Hall–Kier alpha value is -0.860. The number of amides is 1. The van der Waals surface area contributed by atoms with E-state index in [9.17, 15) is 4.79 Å². The molecule has 0 radical (unpaired) electrons. The number of carbonyl (C=O) groups is 1. The molecule has 0 atom stereocenters. The number of nitrogens with zero attached hydrogens (tertiary/aromatic N) is 1. The fraction of sp³-hybridized carbons (Fsp3) is 0.714. The van der Waals surface area contributed by atoms with E-state index < -0.39 is 0 Å². The highest BCUT2D eigenvalue weighted by atomic mass is 16.2. The molecule has 0 aliphatic rings. The summed E-state index contributed by atoms with van der Waals surface area (Å²) in [5, 5.41) is 3.26. The summed E-state index contributed by atoms with van der Waals surface area (Å²) in [7, 11) is 0. The Morgan fingerprint density at radius 1 is 1.70 bits per heavy atom. The largest absolute Gasteiger partial charge is 0.273 e. The van der Waals surface area contributed by atoms with Crippen LogP contribution in [0.1, 0.15) is 26.7 Å². The summed E-state index contributed by atoms with van der Waals surface area (Å²) in [5.41, 5.74) is 2.28. The lowest BCUT2D eigenvalue weighted by Crippen LogP contribution is -2.16. The summed E-state index contributed by atoms with van der Waals surface area (Å²) in [4.78, 5) is 10.7. The lowest BCUT2D eigenvalue weighted by atomic mass is 10.1. The molecule has 3 heteroatoms. The molecule has 1 N–H and O–H groups in total. The molecule has 0 unspecified atom stereocenters. The molecule has 1 amide bonds. The number of hydrogen-bond acceptors (Lipinski definition) is 2. The molecule has 0 saturated carbocycles. The number of hydrogen-bond donors (Lipinski definition) is 1. The van der Waals surface area contributed by atoms with Crippen molar-refractivity contribution < 1.29 is 4.79 Å². The highest BCUT2D eigenvalue weighted by Gasteiger charge is 2.00. The normalized spacial score (nSPS) is 9.50. The molecule has 0 aliphatic heterocycles. The predicted molar refractivity (Wildman–Crippen MR) is 41.8 cm³/mol. The Bertz CT molecular complexity index is 121. The maximum Gasteiger partial charge on any atom is 0.240 e. The van der Waals surface area contributed by atoms with Crippen LogP contribution in [-0.2, 0) is 4.79 Å². The SMILES string of the molecule is C=NNC(=O)CCC(C)C. The molecule has 0 bridgehead atoms. The van der Waals surface area contributed by atoms with Crippen LogP contribution in [0.2, 0.25) is 0 Å². The van der Waals surface area contributed by atoms with Crippen molar-refractivity contribution in [2.24, 2.45) is 11.0 Å². The minimum Gasteiger partial charge on any atom is -0.273 e. The fourth-order valence-corrected chi connectivity index (χ4v) is 0.564. The summed E-state index contributed by atoms with van der Waals surface area (Å²) >= 11 is 0. The first-order chi connectivity index (χ1) is 4.66. The first-order valence-corrected chi connectivity index (χ1v) is 3.41. The van der Waals surface area contributed by atoms with Gasteiger partial charge in [0.25, 0.3) is 0 Å². The zero-order chi connectivity index (χ0) is 7.98. The maximum absolute atomic E-state index is 10.7. The van der Waals surface area contributed by atoms with E-state index in [1.807, 2.05) is 0 Å². The van der Waals surface area contributed by atoms with Crippen LogP contribution in [0.25, 0.3) is 0 Å². The van der Waals surface area contributed by atoms with Crippen molar-refractivity contribution in [1.82, 2.24) is 5.43 Å². The van der Waals surface area contributed by atoms with E-state index in [1.165, 1.54) is 0 Å². The second-order valence-electron chi connectivity index (χ2n) is 2.63. The van der Waals surface area contributed by atoms with Crippen molar-refractivity contribution in [2.45, 2.75) is 26.7 Å². The highest BCUT2D eigenvalue weighted by molar-refractivity contribution is 5.75. The van der Waals surface area contributed by atoms with Crippen LogP contribution in [0.3, 0.4) is 0 Å². The van der Waals surface area contributed by atoms with Gasteiger partial charge in [-0.05, 0) is 12.3 Å². The predicted octanol–water partition coefficient (Wildman–Crippen LogP) is 1.15. The summed E-state index contributed by atoms with van der Waals surface area (Å²) in [6.45, 7) is 7.30. The maximum atomic E-state index is 10.7. The minimum atomic E-state index is -0.0521. The van der Waals surface area contributed by atoms with Gasteiger partial charge in [0, 0.05) is 13.1 Å². The average Bonchev–Trinajstić information content (AvgIpc) is 1.85. The molecular formula is C7H14N2O. The summed E-state index contributed by atoms with van der Waals surface area (Å²) in [6, 6.07) is 0. The Balaban J connectivity index is 3.30. The van der Waals surface area contributed by atoms with Crippen LogP contribution in [-0.4, -0.2) is 12.6 Å². The Kier molecular flexibility index (Phi) is 4.54. The van der Waals surface area contributed by atoms with E-state index in [0.29, 0.717) is 12.3 Å². The topological polar surface area (TPSA) is 41.5 Å². The van der Waals surface area contributed by atoms with Crippen molar-refractivity contribution in [1.29, 1.82) is 0 Å². The van der Waals surface area contributed by atoms with Gasteiger partial charge in [-0.2, -0.15) is 5.10 Å². The number of carbonyl (C=O) groups excluding carboxylic acids is 1. The molecule has 58 valence electrons. The van der Waals surface area contributed by atoms with E-state index in [0.717, 1.165) is 6.42 Å². The monoisotopic (exact) mass is 142 g/mol. The van der Waals surface area contributed by atoms with Gasteiger partial charge in [0.15, 0.2) is 0 Å². The van der Waals surface area contributed by atoms with Crippen molar-refractivity contribution in [3.05, 3.63) is 0 Å². The molecule has 0 heterocycles. The van der Waals surface area contributed by atoms with E-state index in [2.05, 4.69) is 31.1 Å². The van der Waals surface area contributed by atoms with Gasteiger partial charge in [-0.3, -0.25) is 4.79 Å². The third-order valence-corrected chi connectivity index (χ3v) is 1.15. The molecule has 0 spiro atoms. The second kappa shape index (κ2) is 4.97. The van der Waals surface area contributed by atoms with Gasteiger partial charge in [-0.25, -0.2) is 5.43 Å². The fourth-order valence-electron chi connectivity index (χ4n) is 0.564. The Morgan fingerprint density at radius 2 is 2.30 bits per heavy atom. The van der Waals surface area contributed by atoms with Gasteiger partial charge >= 0.3 is 0 Å². The number of nitrogens with one attached hydrogen (secondary N) is 1. The number of hydrazone groups is 1. The van der Waals surface area contributed by atoms with Crippen LogP contribution in [0.4, 0.5) is 0 Å². The first kappa shape index (κ1) is 9.14. The first-order valence-electron chi connectivity index (χ1n) is 3.41. The molecule has 0 rings (SSSR count). The summed E-state index contributed by atoms with van der Waals surface area (Å²) in [5.74, 6) is 0.513. The zero-order valence-corrected chi connectivity index (χ0v) is 6.55. The van der Waals surface area contributed by atoms with Gasteiger partial charge in [0.1, 0.15) is 0 Å². The molecule has 0 aliphatic carbocycles. The van der Waals surface area contributed by atoms with Crippen LogP contribution < -0.4 is 5.43 Å². The van der Waals surface area contributed by atoms with Gasteiger partial charge in [0.05, 0.1) is 0 Å². The van der Waals surface area contributed by atoms with Crippen molar-refractivity contribution in [3.63, 3.8) is 0 Å². The van der Waals surface area contributed by atoms with Crippen LogP contribution in [0.15, 0.2) is 5.10 Å². The van der Waals surface area contributed by atoms with E-state index in [-0.39, 0.29) is 5.91 Å². The molecular weight excluding hydrogens is 128 g/mol. The number of rotatable bonds is 4. The summed E-state index contributed by atoms with van der Waals surface area (Å²) < 4.78 is 0. The molecule has 0 aromatic rings. The van der Waals surface area contributed by atoms with E-state index in [1.54, 1.807) is 0 Å². The molecule has 0 saturated heterocycles. The lowest BCUT2D eigenvalue weighted by Gasteiger charge is -2.01. The van der Waals surface area contributed by atoms with Crippen molar-refractivity contribution >= 4 is 12.6 Å². The van der Waals surface area contributed by atoms with Gasteiger partial charge in [0.2, 0.25) is 5.91 Å². The van der Waals surface area contributed by atoms with E-state index in [4.69, 9.17) is 0 Å². The molecule has 10 heavy (non-hydrogen) atoms. The minimum absolute atomic E-state index is 0.0521. The Labute approximate surface area is 61.5 Å². The lowest BCUT2D eigenvalue weighted by molar-refractivity contribution is -0.121. The van der Waals surface area contributed by atoms with Crippen LogP contribution >= 0.6 is 0 Å². The molecule has 0 fully saturated rings. The third kappa shape index (κ3) is 5.28. The Morgan fingerprint density at radius 3 is 2.70 bits per heavy atom. The third-order valence-electron chi connectivity index (χ3n) is 1.15. The zero-order valence-electron chi connectivity index (χ0n) is 6.55. The van der Waals surface area contributed by atoms with Crippen LogP contribution in [0.5, 0.6) is 0 Å².